The smallest absolute Gasteiger partial charge is 0.211 e. The third-order valence-corrected chi connectivity index (χ3v) is 3.93. The average Bonchev–Trinajstić information content (AvgIpc) is 2.18. The minimum Gasteiger partial charge on any atom is -0.385 e. The molecule has 1 rings (SSSR count). The van der Waals surface area contributed by atoms with E-state index in [0.29, 0.717) is 13.1 Å². The topological polar surface area (TPSA) is 49.9 Å². The summed E-state index contributed by atoms with van der Waals surface area (Å²) in [6.07, 6.45) is 2.28. The predicted molar refractivity (Wildman–Crippen MR) is 59.3 cm³/mol. The maximum absolute atomic E-state index is 11.2. The quantitative estimate of drug-likeness (QED) is 0.610. The highest BCUT2D eigenvalue weighted by molar-refractivity contribution is 7.88. The van der Waals surface area contributed by atoms with Crippen LogP contribution in [0.3, 0.4) is 0 Å². The van der Waals surface area contributed by atoms with Gasteiger partial charge in [-0.15, -0.1) is 0 Å². The van der Waals surface area contributed by atoms with Crippen LogP contribution >= 0.6 is 0 Å². The molecule has 0 amide bonds. The SMILES string of the molecule is COCCCN1CCN(S(C)(=O)=O)CC1. The van der Waals surface area contributed by atoms with Gasteiger partial charge in [-0.3, -0.25) is 0 Å². The number of rotatable bonds is 5. The minimum atomic E-state index is -2.99. The van der Waals surface area contributed by atoms with E-state index in [1.165, 1.54) is 6.26 Å². The third kappa shape index (κ3) is 4.46. The Morgan fingerprint density at radius 1 is 1.20 bits per heavy atom. The maximum atomic E-state index is 11.2. The van der Waals surface area contributed by atoms with Crippen LogP contribution in [0.15, 0.2) is 0 Å². The van der Waals surface area contributed by atoms with E-state index < -0.39 is 10.0 Å². The summed E-state index contributed by atoms with van der Waals surface area (Å²) < 4.78 is 29.0. The van der Waals surface area contributed by atoms with E-state index in [0.717, 1.165) is 32.7 Å². The Kier molecular flexibility index (Phi) is 4.98. The molecule has 0 atom stereocenters. The van der Waals surface area contributed by atoms with Crippen LogP contribution in [0.1, 0.15) is 6.42 Å². The number of hydrogen-bond donors (Lipinski definition) is 0. The lowest BCUT2D eigenvalue weighted by Gasteiger charge is -2.33. The highest BCUT2D eigenvalue weighted by atomic mass is 32.2. The summed E-state index contributed by atoms with van der Waals surface area (Å²) >= 11 is 0. The first-order valence-electron chi connectivity index (χ1n) is 5.20. The largest absolute Gasteiger partial charge is 0.385 e. The van der Waals surface area contributed by atoms with Crippen molar-refractivity contribution >= 4 is 10.0 Å². The second-order valence-electron chi connectivity index (χ2n) is 3.85. The van der Waals surface area contributed by atoms with Crippen molar-refractivity contribution in [1.29, 1.82) is 0 Å². The lowest BCUT2D eigenvalue weighted by Crippen LogP contribution is -2.48. The average molecular weight is 236 g/mol. The number of hydrogen-bond acceptors (Lipinski definition) is 4. The van der Waals surface area contributed by atoms with Crippen molar-refractivity contribution in [3.63, 3.8) is 0 Å². The van der Waals surface area contributed by atoms with E-state index in [9.17, 15) is 8.42 Å². The second-order valence-corrected chi connectivity index (χ2v) is 5.83. The zero-order chi connectivity index (χ0) is 11.3. The molecule has 0 aromatic heterocycles. The lowest BCUT2D eigenvalue weighted by molar-refractivity contribution is 0.149. The van der Waals surface area contributed by atoms with Gasteiger partial charge in [-0.1, -0.05) is 0 Å². The van der Waals surface area contributed by atoms with Crippen LogP contribution in [0.5, 0.6) is 0 Å². The monoisotopic (exact) mass is 236 g/mol. The van der Waals surface area contributed by atoms with Gasteiger partial charge in [-0.25, -0.2) is 8.42 Å². The molecule has 5 nitrogen and oxygen atoms in total. The van der Waals surface area contributed by atoms with Crippen LogP contribution in [-0.2, 0) is 14.8 Å². The first kappa shape index (κ1) is 12.9. The Labute approximate surface area is 92.0 Å². The van der Waals surface area contributed by atoms with Crippen molar-refractivity contribution in [3.8, 4) is 0 Å². The molecule has 0 spiro atoms. The maximum Gasteiger partial charge on any atom is 0.211 e. The zero-order valence-corrected chi connectivity index (χ0v) is 10.3. The molecule has 1 fully saturated rings. The first-order valence-corrected chi connectivity index (χ1v) is 7.05. The summed E-state index contributed by atoms with van der Waals surface area (Å²) in [7, 11) is -1.30. The summed E-state index contributed by atoms with van der Waals surface area (Å²) in [6.45, 7) is 4.66. The van der Waals surface area contributed by atoms with Gasteiger partial charge in [0.15, 0.2) is 0 Å². The fourth-order valence-electron chi connectivity index (χ4n) is 1.72. The summed E-state index contributed by atoms with van der Waals surface area (Å²) in [5.41, 5.74) is 0. The van der Waals surface area contributed by atoms with Gasteiger partial charge in [-0.05, 0) is 6.42 Å². The second kappa shape index (κ2) is 5.79. The van der Waals surface area contributed by atoms with Crippen LogP contribution in [0, 0.1) is 0 Å². The molecule has 1 heterocycles. The predicted octanol–water partition coefficient (Wildman–Crippen LogP) is -0.400. The highest BCUT2D eigenvalue weighted by Crippen LogP contribution is 2.06. The van der Waals surface area contributed by atoms with E-state index in [2.05, 4.69) is 4.90 Å². The van der Waals surface area contributed by atoms with Gasteiger partial charge < -0.3 is 9.64 Å². The molecular weight excluding hydrogens is 216 g/mol. The number of sulfonamides is 1. The zero-order valence-electron chi connectivity index (χ0n) is 9.48. The summed E-state index contributed by atoms with van der Waals surface area (Å²) in [6, 6.07) is 0. The molecule has 0 unspecified atom stereocenters. The minimum absolute atomic E-state index is 0.617. The fourth-order valence-corrected chi connectivity index (χ4v) is 2.54. The number of ether oxygens (including phenoxy) is 1. The van der Waals surface area contributed by atoms with Gasteiger partial charge in [0.05, 0.1) is 6.26 Å². The Morgan fingerprint density at radius 2 is 1.80 bits per heavy atom. The first-order chi connectivity index (χ1) is 7.04. The Balaban J connectivity index is 2.24. The molecule has 1 saturated heterocycles. The van der Waals surface area contributed by atoms with E-state index in [-0.39, 0.29) is 0 Å². The number of nitrogens with zero attached hydrogens (tertiary/aromatic N) is 2. The Hall–Kier alpha value is -0.170. The van der Waals surface area contributed by atoms with Crippen molar-refractivity contribution in [2.45, 2.75) is 6.42 Å². The molecule has 0 aliphatic carbocycles. The van der Waals surface area contributed by atoms with Gasteiger partial charge in [0, 0.05) is 46.4 Å². The summed E-state index contributed by atoms with van der Waals surface area (Å²) in [5, 5.41) is 0. The van der Waals surface area contributed by atoms with Crippen molar-refractivity contribution in [2.24, 2.45) is 0 Å². The van der Waals surface area contributed by atoms with E-state index in [1.54, 1.807) is 11.4 Å². The fraction of sp³-hybridized carbons (Fsp3) is 1.00. The summed E-state index contributed by atoms with van der Waals surface area (Å²) in [5.74, 6) is 0. The molecule has 1 aliphatic heterocycles. The van der Waals surface area contributed by atoms with Crippen LogP contribution in [-0.4, -0.2) is 70.3 Å². The van der Waals surface area contributed by atoms with E-state index >= 15 is 0 Å². The van der Waals surface area contributed by atoms with Crippen LogP contribution < -0.4 is 0 Å². The molecule has 0 bridgehead atoms. The highest BCUT2D eigenvalue weighted by Gasteiger charge is 2.22. The molecule has 0 aromatic carbocycles. The van der Waals surface area contributed by atoms with Crippen LogP contribution in [0.2, 0.25) is 0 Å². The normalized spacial score (nSPS) is 20.7. The summed E-state index contributed by atoms with van der Waals surface area (Å²) in [4.78, 5) is 2.28. The molecule has 0 N–H and O–H groups in total. The van der Waals surface area contributed by atoms with Crippen molar-refractivity contribution in [2.75, 3.05) is 52.7 Å². The number of methoxy groups -OCH3 is 1. The lowest BCUT2D eigenvalue weighted by atomic mass is 10.3. The molecule has 0 radical (unpaired) electrons. The van der Waals surface area contributed by atoms with Crippen molar-refractivity contribution in [1.82, 2.24) is 9.21 Å². The van der Waals surface area contributed by atoms with Gasteiger partial charge in [-0.2, -0.15) is 4.31 Å². The van der Waals surface area contributed by atoms with E-state index in [4.69, 9.17) is 4.74 Å². The molecule has 1 aliphatic rings. The Bertz CT molecular complexity index is 271. The van der Waals surface area contributed by atoms with Crippen molar-refractivity contribution < 1.29 is 13.2 Å². The van der Waals surface area contributed by atoms with Crippen molar-refractivity contribution in [3.05, 3.63) is 0 Å². The van der Waals surface area contributed by atoms with Gasteiger partial charge >= 0.3 is 0 Å². The third-order valence-electron chi connectivity index (χ3n) is 2.62. The van der Waals surface area contributed by atoms with Gasteiger partial charge in [0.1, 0.15) is 0 Å². The molecule has 0 aromatic rings. The molecule has 90 valence electrons. The van der Waals surface area contributed by atoms with E-state index in [1.807, 2.05) is 0 Å². The van der Waals surface area contributed by atoms with Gasteiger partial charge in [0.2, 0.25) is 10.0 Å². The van der Waals surface area contributed by atoms with Crippen LogP contribution in [0.4, 0.5) is 0 Å². The van der Waals surface area contributed by atoms with Gasteiger partial charge in [0.25, 0.3) is 0 Å². The molecule has 15 heavy (non-hydrogen) atoms. The van der Waals surface area contributed by atoms with Crippen LogP contribution in [0.25, 0.3) is 0 Å². The molecule has 6 heteroatoms. The molecule has 0 saturated carbocycles. The number of piperazine rings is 1. The molecular formula is C9H20N2O3S. The standard InChI is InChI=1S/C9H20N2O3S/c1-14-9-3-4-10-5-7-11(8-6-10)15(2,12)13/h3-9H2,1-2H3. The Morgan fingerprint density at radius 3 is 2.27 bits per heavy atom.